The van der Waals surface area contributed by atoms with Gasteiger partial charge in [-0.05, 0) is 65.7 Å². The van der Waals surface area contributed by atoms with E-state index in [2.05, 4.69) is 4.98 Å². The number of aromatic nitrogens is 2. The van der Waals surface area contributed by atoms with E-state index in [4.69, 9.17) is 16.3 Å². The monoisotopic (exact) mass is 490 g/mol. The third-order valence-electron chi connectivity index (χ3n) is 5.72. The van der Waals surface area contributed by atoms with Gasteiger partial charge in [0.2, 0.25) is 0 Å². The van der Waals surface area contributed by atoms with Crippen molar-refractivity contribution in [1.82, 2.24) is 9.55 Å². The Morgan fingerprint density at radius 2 is 1.62 bits per heavy atom. The van der Waals surface area contributed by atoms with Crippen LogP contribution in [0.3, 0.4) is 0 Å². The number of rotatable bonds is 4. The predicted octanol–water partition coefficient (Wildman–Crippen LogP) is 5.27. The molecule has 34 heavy (non-hydrogen) atoms. The Labute approximate surface area is 200 Å². The van der Waals surface area contributed by atoms with E-state index < -0.39 is 9.84 Å². The van der Waals surface area contributed by atoms with E-state index in [0.717, 1.165) is 33.7 Å². The van der Waals surface area contributed by atoms with Gasteiger partial charge in [0.25, 0.3) is 5.56 Å². The van der Waals surface area contributed by atoms with Gasteiger partial charge in [-0.25, -0.2) is 8.42 Å². The van der Waals surface area contributed by atoms with Gasteiger partial charge in [0.1, 0.15) is 5.75 Å². The van der Waals surface area contributed by atoms with Crippen molar-refractivity contribution in [3.8, 4) is 22.6 Å². The van der Waals surface area contributed by atoms with Crippen molar-refractivity contribution in [3.63, 3.8) is 0 Å². The zero-order valence-corrected chi connectivity index (χ0v) is 19.9. The fraction of sp³-hybridized carbons (Fsp3) is 0.0769. The van der Waals surface area contributed by atoms with Gasteiger partial charge in [0, 0.05) is 35.0 Å². The molecule has 0 atom stereocenters. The maximum atomic E-state index is 13.0. The molecule has 0 bridgehead atoms. The van der Waals surface area contributed by atoms with Crippen LogP contribution in [0.2, 0.25) is 5.02 Å². The number of hydrogen-bond acceptors (Lipinski definition) is 5. The minimum Gasteiger partial charge on any atom is -0.495 e. The summed E-state index contributed by atoms with van der Waals surface area (Å²) in [4.78, 5) is 17.8. The van der Waals surface area contributed by atoms with Crippen molar-refractivity contribution in [1.29, 1.82) is 0 Å². The van der Waals surface area contributed by atoms with Gasteiger partial charge in [0.05, 0.1) is 28.1 Å². The van der Waals surface area contributed by atoms with Gasteiger partial charge >= 0.3 is 0 Å². The van der Waals surface area contributed by atoms with E-state index in [1.807, 2.05) is 30.3 Å². The average molecular weight is 491 g/mol. The van der Waals surface area contributed by atoms with Crippen molar-refractivity contribution < 1.29 is 13.2 Å². The summed E-state index contributed by atoms with van der Waals surface area (Å²) in [5, 5.41) is 2.09. The van der Waals surface area contributed by atoms with Crippen LogP contribution in [-0.2, 0) is 9.84 Å². The second-order valence-electron chi connectivity index (χ2n) is 7.92. The molecule has 5 rings (SSSR count). The summed E-state index contributed by atoms with van der Waals surface area (Å²) < 4.78 is 30.7. The number of pyridine rings is 2. The largest absolute Gasteiger partial charge is 0.495 e. The van der Waals surface area contributed by atoms with Crippen LogP contribution in [0.15, 0.2) is 88.7 Å². The minimum absolute atomic E-state index is 0.190. The van der Waals surface area contributed by atoms with Gasteiger partial charge in [-0.3, -0.25) is 14.3 Å². The lowest BCUT2D eigenvalue weighted by Gasteiger charge is -2.14. The fourth-order valence-electron chi connectivity index (χ4n) is 4.03. The molecule has 2 aromatic heterocycles. The van der Waals surface area contributed by atoms with Gasteiger partial charge in [-0.2, -0.15) is 0 Å². The van der Waals surface area contributed by atoms with Crippen LogP contribution in [0.5, 0.6) is 5.75 Å². The second-order valence-corrected chi connectivity index (χ2v) is 10.3. The predicted molar refractivity (Wildman–Crippen MR) is 135 cm³/mol. The summed E-state index contributed by atoms with van der Waals surface area (Å²) in [7, 11) is -1.79. The molecule has 0 aliphatic rings. The van der Waals surface area contributed by atoms with Crippen LogP contribution in [0.1, 0.15) is 0 Å². The first-order chi connectivity index (χ1) is 16.3. The number of hydrogen-bond donors (Lipinski definition) is 0. The lowest BCUT2D eigenvalue weighted by Crippen LogP contribution is -2.17. The molecule has 5 aromatic rings. The smallest absolute Gasteiger partial charge is 0.255 e. The van der Waals surface area contributed by atoms with Crippen LogP contribution >= 0.6 is 11.6 Å². The SMILES string of the molecule is COc1cc(-c2ccc3ncc4ccc(=O)n(-c5ccc(S(C)(=O)=O)cc5)c4c3c2)ccc1Cl. The molecule has 6 nitrogen and oxygen atoms in total. The number of methoxy groups -OCH3 is 1. The van der Waals surface area contributed by atoms with Crippen molar-refractivity contribution in [2.24, 2.45) is 0 Å². The molecule has 0 unspecified atom stereocenters. The molecule has 0 fully saturated rings. The molecular weight excluding hydrogens is 472 g/mol. The number of nitrogens with zero attached hydrogens (tertiary/aromatic N) is 2. The summed E-state index contributed by atoms with van der Waals surface area (Å²) in [6.07, 6.45) is 2.88. The quantitative estimate of drug-likeness (QED) is 0.321. The number of benzene rings is 3. The summed E-state index contributed by atoms with van der Waals surface area (Å²) in [5.74, 6) is 0.568. The molecular formula is C26H19ClN2O4S. The molecule has 0 N–H and O–H groups in total. The number of ether oxygens (including phenoxy) is 1. The highest BCUT2D eigenvalue weighted by Crippen LogP contribution is 2.33. The van der Waals surface area contributed by atoms with Crippen LogP contribution in [0.4, 0.5) is 0 Å². The Kier molecular flexibility index (Phi) is 5.38. The van der Waals surface area contributed by atoms with Gasteiger partial charge in [0.15, 0.2) is 9.84 Å². The maximum Gasteiger partial charge on any atom is 0.255 e. The first kappa shape index (κ1) is 22.1. The van der Waals surface area contributed by atoms with Gasteiger partial charge in [-0.1, -0.05) is 23.7 Å². The summed E-state index contributed by atoms with van der Waals surface area (Å²) in [5.41, 5.74) is 3.56. The topological polar surface area (TPSA) is 78.3 Å². The molecule has 8 heteroatoms. The highest BCUT2D eigenvalue weighted by molar-refractivity contribution is 7.90. The Morgan fingerprint density at radius 3 is 2.32 bits per heavy atom. The van der Waals surface area contributed by atoms with E-state index in [0.29, 0.717) is 22.0 Å². The first-order valence-corrected chi connectivity index (χ1v) is 12.6. The fourth-order valence-corrected chi connectivity index (χ4v) is 4.85. The third-order valence-corrected chi connectivity index (χ3v) is 7.17. The van der Waals surface area contributed by atoms with Gasteiger partial charge < -0.3 is 4.74 Å². The van der Waals surface area contributed by atoms with Crippen LogP contribution < -0.4 is 10.3 Å². The molecule has 0 aliphatic carbocycles. The molecule has 0 saturated carbocycles. The average Bonchev–Trinajstić information content (AvgIpc) is 2.83. The zero-order chi connectivity index (χ0) is 24.0. The highest BCUT2D eigenvalue weighted by Gasteiger charge is 2.13. The summed E-state index contributed by atoms with van der Waals surface area (Å²) in [6.45, 7) is 0. The van der Waals surface area contributed by atoms with Crippen LogP contribution in [0, 0.1) is 0 Å². The molecule has 0 amide bonds. The summed E-state index contributed by atoms with van der Waals surface area (Å²) in [6, 6.07) is 20.9. The Morgan fingerprint density at radius 1 is 0.912 bits per heavy atom. The Hall–Kier alpha value is -3.68. The van der Waals surface area contributed by atoms with Crippen molar-refractivity contribution >= 4 is 43.2 Å². The molecule has 170 valence electrons. The lowest BCUT2D eigenvalue weighted by molar-refractivity contribution is 0.415. The number of fused-ring (bicyclic) bond motifs is 3. The van der Waals surface area contributed by atoms with Gasteiger partial charge in [-0.15, -0.1) is 0 Å². The molecule has 0 aliphatic heterocycles. The zero-order valence-electron chi connectivity index (χ0n) is 18.3. The van der Waals surface area contributed by atoms with Crippen molar-refractivity contribution in [2.45, 2.75) is 4.90 Å². The van der Waals surface area contributed by atoms with E-state index in [-0.39, 0.29) is 10.5 Å². The summed E-state index contributed by atoms with van der Waals surface area (Å²) >= 11 is 6.19. The maximum absolute atomic E-state index is 13.0. The molecule has 2 heterocycles. The Balaban J connectivity index is 1.79. The third kappa shape index (κ3) is 3.83. The lowest BCUT2D eigenvalue weighted by atomic mass is 10.0. The molecule has 0 saturated heterocycles. The van der Waals surface area contributed by atoms with Crippen LogP contribution in [0.25, 0.3) is 38.6 Å². The van der Waals surface area contributed by atoms with E-state index >= 15 is 0 Å². The second kappa shape index (κ2) is 8.27. The van der Waals surface area contributed by atoms with Crippen molar-refractivity contribution in [2.75, 3.05) is 13.4 Å². The standard InChI is InChI=1S/C26H19ClN2O4S/c1-33-24-14-17(3-10-22(24)27)16-4-11-23-21(13-16)26-18(15-28-23)5-12-25(30)29(26)19-6-8-20(9-7-19)34(2,31)32/h3-15H,1-2H3. The molecule has 3 aromatic carbocycles. The van der Waals surface area contributed by atoms with E-state index in [9.17, 15) is 13.2 Å². The van der Waals surface area contributed by atoms with E-state index in [1.165, 1.54) is 18.2 Å². The Bertz CT molecular complexity index is 1740. The van der Waals surface area contributed by atoms with Crippen molar-refractivity contribution in [3.05, 3.63) is 94.4 Å². The number of sulfone groups is 1. The minimum atomic E-state index is -3.35. The normalized spacial score (nSPS) is 11.7. The molecule has 0 radical (unpaired) electrons. The number of halogens is 1. The van der Waals surface area contributed by atoms with E-state index in [1.54, 1.807) is 42.1 Å². The molecule has 0 spiro atoms. The highest BCUT2D eigenvalue weighted by atomic mass is 35.5. The van der Waals surface area contributed by atoms with Crippen LogP contribution in [-0.4, -0.2) is 31.3 Å². The first-order valence-electron chi connectivity index (χ1n) is 10.4.